The van der Waals surface area contributed by atoms with Gasteiger partial charge in [0, 0.05) is 17.6 Å². The first-order chi connectivity index (χ1) is 13.1. The summed E-state index contributed by atoms with van der Waals surface area (Å²) in [5, 5.41) is 4.27. The zero-order valence-corrected chi connectivity index (χ0v) is 17.0. The van der Waals surface area contributed by atoms with Gasteiger partial charge in [0.1, 0.15) is 0 Å². The van der Waals surface area contributed by atoms with Gasteiger partial charge in [-0.05, 0) is 71.3 Å². The molecular formula is C22H33N3O2. The van der Waals surface area contributed by atoms with Gasteiger partial charge in [-0.15, -0.1) is 0 Å². The SMILES string of the molecule is CCOC(=O)Nc1cccc2c3c(n(CCCN(C)C)c12)CCCCCC3. The zero-order valence-electron chi connectivity index (χ0n) is 17.0. The molecule has 1 amide bonds. The first-order valence-electron chi connectivity index (χ1n) is 10.3. The third kappa shape index (κ3) is 4.64. The van der Waals surface area contributed by atoms with Gasteiger partial charge in [-0.25, -0.2) is 4.79 Å². The molecule has 1 aromatic heterocycles. The Morgan fingerprint density at radius 3 is 2.70 bits per heavy atom. The van der Waals surface area contributed by atoms with E-state index in [0.29, 0.717) is 6.61 Å². The number of benzene rings is 1. The van der Waals surface area contributed by atoms with E-state index in [1.54, 1.807) is 0 Å². The topological polar surface area (TPSA) is 46.5 Å². The summed E-state index contributed by atoms with van der Waals surface area (Å²) in [7, 11) is 4.23. The molecule has 1 heterocycles. The molecule has 1 aliphatic carbocycles. The summed E-state index contributed by atoms with van der Waals surface area (Å²) in [5.74, 6) is 0. The molecule has 0 saturated carbocycles. The van der Waals surface area contributed by atoms with Crippen LogP contribution in [0.2, 0.25) is 0 Å². The Bertz CT molecular complexity index is 779. The van der Waals surface area contributed by atoms with E-state index in [9.17, 15) is 4.79 Å². The van der Waals surface area contributed by atoms with Crippen LogP contribution in [-0.2, 0) is 24.1 Å². The largest absolute Gasteiger partial charge is 0.450 e. The van der Waals surface area contributed by atoms with Crippen LogP contribution in [0.4, 0.5) is 10.5 Å². The highest BCUT2D eigenvalue weighted by Crippen LogP contribution is 2.35. The number of para-hydroxylation sites is 1. The second-order valence-electron chi connectivity index (χ2n) is 7.70. The Morgan fingerprint density at radius 1 is 1.19 bits per heavy atom. The highest BCUT2D eigenvalue weighted by molar-refractivity contribution is 6.00. The van der Waals surface area contributed by atoms with Crippen LogP contribution in [0.15, 0.2) is 18.2 Å². The molecule has 0 unspecified atom stereocenters. The monoisotopic (exact) mass is 371 g/mol. The first-order valence-corrected chi connectivity index (χ1v) is 10.3. The predicted octanol–water partition coefficient (Wildman–Crippen LogP) is 4.82. The number of carbonyl (C=O) groups is 1. The minimum Gasteiger partial charge on any atom is -0.450 e. The van der Waals surface area contributed by atoms with Gasteiger partial charge in [0.2, 0.25) is 0 Å². The number of nitrogens with zero attached hydrogens (tertiary/aromatic N) is 2. The van der Waals surface area contributed by atoms with Crippen LogP contribution in [0.25, 0.3) is 10.9 Å². The van der Waals surface area contributed by atoms with Crippen LogP contribution in [0.1, 0.15) is 50.3 Å². The summed E-state index contributed by atoms with van der Waals surface area (Å²) in [6.07, 6.45) is 8.10. The second-order valence-corrected chi connectivity index (χ2v) is 7.70. The smallest absolute Gasteiger partial charge is 0.411 e. The fraction of sp³-hybridized carbons (Fsp3) is 0.591. The van der Waals surface area contributed by atoms with Crippen molar-refractivity contribution in [2.75, 3.05) is 32.6 Å². The molecule has 1 aromatic carbocycles. The van der Waals surface area contributed by atoms with Gasteiger partial charge in [-0.3, -0.25) is 5.32 Å². The molecule has 5 heteroatoms. The van der Waals surface area contributed by atoms with E-state index in [0.717, 1.165) is 43.6 Å². The van der Waals surface area contributed by atoms with E-state index in [1.807, 2.05) is 19.1 Å². The molecule has 0 bridgehead atoms. The number of rotatable bonds is 6. The molecule has 1 aliphatic rings. The summed E-state index contributed by atoms with van der Waals surface area (Å²) in [4.78, 5) is 14.3. The first kappa shape index (κ1) is 19.7. The van der Waals surface area contributed by atoms with Crippen molar-refractivity contribution in [1.29, 1.82) is 0 Å². The Kier molecular flexibility index (Phi) is 6.78. The molecule has 2 aromatic rings. The van der Waals surface area contributed by atoms with Gasteiger partial charge in [-0.2, -0.15) is 0 Å². The van der Waals surface area contributed by atoms with E-state index in [2.05, 4.69) is 34.9 Å². The number of aryl methyl sites for hydroxylation is 2. The maximum atomic E-state index is 12.1. The van der Waals surface area contributed by atoms with Crippen molar-refractivity contribution in [2.45, 2.75) is 58.4 Å². The Labute approximate surface area is 162 Å². The molecule has 0 spiro atoms. The van der Waals surface area contributed by atoms with Crippen molar-refractivity contribution in [3.05, 3.63) is 29.5 Å². The lowest BCUT2D eigenvalue weighted by Crippen LogP contribution is -2.17. The van der Waals surface area contributed by atoms with Crippen molar-refractivity contribution in [3.8, 4) is 0 Å². The zero-order chi connectivity index (χ0) is 19.2. The minimum absolute atomic E-state index is 0.376. The summed E-state index contributed by atoms with van der Waals surface area (Å²) >= 11 is 0. The van der Waals surface area contributed by atoms with Crippen LogP contribution < -0.4 is 5.32 Å². The quantitative estimate of drug-likeness (QED) is 0.792. The lowest BCUT2D eigenvalue weighted by atomic mass is 9.96. The van der Waals surface area contributed by atoms with E-state index < -0.39 is 0 Å². The lowest BCUT2D eigenvalue weighted by Gasteiger charge is -2.17. The number of fused-ring (bicyclic) bond motifs is 3. The summed E-state index contributed by atoms with van der Waals surface area (Å²) in [6.45, 7) is 4.24. The number of hydrogen-bond donors (Lipinski definition) is 1. The molecule has 148 valence electrons. The van der Waals surface area contributed by atoms with Crippen molar-refractivity contribution < 1.29 is 9.53 Å². The van der Waals surface area contributed by atoms with Crippen LogP contribution in [-0.4, -0.2) is 42.8 Å². The van der Waals surface area contributed by atoms with Crippen LogP contribution in [0, 0.1) is 0 Å². The molecule has 0 radical (unpaired) electrons. The average Bonchev–Trinajstić information content (AvgIpc) is 2.88. The predicted molar refractivity (Wildman–Crippen MR) is 112 cm³/mol. The molecule has 0 atom stereocenters. The van der Waals surface area contributed by atoms with Gasteiger partial charge in [0.15, 0.2) is 0 Å². The highest BCUT2D eigenvalue weighted by atomic mass is 16.5. The number of aromatic nitrogens is 1. The molecular weight excluding hydrogens is 338 g/mol. The van der Waals surface area contributed by atoms with E-state index >= 15 is 0 Å². The van der Waals surface area contributed by atoms with E-state index in [4.69, 9.17) is 4.74 Å². The lowest BCUT2D eigenvalue weighted by molar-refractivity contribution is 0.168. The molecule has 3 rings (SSSR count). The van der Waals surface area contributed by atoms with Crippen molar-refractivity contribution in [1.82, 2.24) is 9.47 Å². The minimum atomic E-state index is -0.376. The van der Waals surface area contributed by atoms with Crippen molar-refractivity contribution in [2.24, 2.45) is 0 Å². The Balaban J connectivity index is 2.05. The van der Waals surface area contributed by atoms with Gasteiger partial charge in [0.05, 0.1) is 17.8 Å². The Morgan fingerprint density at radius 2 is 1.96 bits per heavy atom. The maximum absolute atomic E-state index is 12.1. The van der Waals surface area contributed by atoms with Crippen molar-refractivity contribution in [3.63, 3.8) is 0 Å². The second kappa shape index (κ2) is 9.27. The van der Waals surface area contributed by atoms with E-state index in [1.165, 1.54) is 42.3 Å². The fourth-order valence-electron chi connectivity index (χ4n) is 4.21. The molecule has 0 saturated heterocycles. The number of ether oxygens (including phenoxy) is 1. The van der Waals surface area contributed by atoms with Gasteiger partial charge in [-0.1, -0.05) is 25.0 Å². The third-order valence-electron chi connectivity index (χ3n) is 5.39. The Hall–Kier alpha value is -2.01. The molecule has 0 fully saturated rings. The molecule has 27 heavy (non-hydrogen) atoms. The van der Waals surface area contributed by atoms with Crippen LogP contribution >= 0.6 is 0 Å². The number of carbonyl (C=O) groups excluding carboxylic acids is 1. The summed E-state index contributed by atoms with van der Waals surface area (Å²) in [5.41, 5.74) is 4.99. The standard InChI is InChI=1S/C22H33N3O2/c1-4-27-22(26)23-19-13-9-12-18-17-11-7-5-6-8-14-20(17)25(21(18)19)16-10-15-24(2)3/h9,12-13H,4-8,10-11,14-16H2,1-3H3,(H,23,26). The van der Waals surface area contributed by atoms with Crippen LogP contribution in [0.3, 0.4) is 0 Å². The maximum Gasteiger partial charge on any atom is 0.411 e. The molecule has 0 aliphatic heterocycles. The van der Waals surface area contributed by atoms with Gasteiger partial charge < -0.3 is 14.2 Å². The fourth-order valence-corrected chi connectivity index (χ4v) is 4.21. The highest BCUT2D eigenvalue weighted by Gasteiger charge is 2.21. The van der Waals surface area contributed by atoms with Gasteiger partial charge in [0.25, 0.3) is 0 Å². The normalized spacial score (nSPS) is 14.7. The summed E-state index contributed by atoms with van der Waals surface area (Å²) in [6, 6.07) is 6.26. The van der Waals surface area contributed by atoms with Crippen LogP contribution in [0.5, 0.6) is 0 Å². The van der Waals surface area contributed by atoms with Crippen molar-refractivity contribution >= 4 is 22.7 Å². The molecule has 1 N–H and O–H groups in total. The number of nitrogens with one attached hydrogen (secondary N) is 1. The third-order valence-corrected chi connectivity index (χ3v) is 5.39. The van der Waals surface area contributed by atoms with Gasteiger partial charge >= 0.3 is 6.09 Å². The average molecular weight is 372 g/mol. The summed E-state index contributed by atoms with van der Waals surface area (Å²) < 4.78 is 7.60. The molecule has 5 nitrogen and oxygen atoms in total. The van der Waals surface area contributed by atoms with E-state index in [-0.39, 0.29) is 6.09 Å². The number of anilines is 1. The number of amides is 1. The number of hydrogen-bond acceptors (Lipinski definition) is 3.